The highest BCUT2D eigenvalue weighted by Gasteiger charge is 2.11. The lowest BCUT2D eigenvalue weighted by Crippen LogP contribution is -2.18. The van der Waals surface area contributed by atoms with Crippen LogP contribution in [-0.2, 0) is 0 Å². The maximum absolute atomic E-state index is 11.7. The van der Waals surface area contributed by atoms with Crippen molar-refractivity contribution in [1.29, 1.82) is 0 Å². The molecule has 3 nitrogen and oxygen atoms in total. The van der Waals surface area contributed by atoms with E-state index in [0.717, 1.165) is 15.7 Å². The molecule has 0 aliphatic heterocycles. The van der Waals surface area contributed by atoms with E-state index < -0.39 is 0 Å². The standard InChI is InChI=1S/C16H16BrClN2O/c1-10(11-3-6-13(17)7-4-11)20-15-9-12(16(21)19-2)5-8-14(15)18/h3-10,20H,1-2H3,(H,19,21). The lowest BCUT2D eigenvalue weighted by molar-refractivity contribution is 0.0963. The molecule has 0 fully saturated rings. The molecule has 0 aliphatic rings. The van der Waals surface area contributed by atoms with Crippen molar-refractivity contribution in [2.45, 2.75) is 13.0 Å². The van der Waals surface area contributed by atoms with E-state index in [-0.39, 0.29) is 11.9 Å². The lowest BCUT2D eigenvalue weighted by Gasteiger charge is -2.17. The normalized spacial score (nSPS) is 11.8. The minimum absolute atomic E-state index is 0.0792. The molecule has 0 bridgehead atoms. The smallest absolute Gasteiger partial charge is 0.251 e. The minimum atomic E-state index is -0.133. The zero-order chi connectivity index (χ0) is 15.4. The summed E-state index contributed by atoms with van der Waals surface area (Å²) >= 11 is 9.62. The first-order chi connectivity index (χ1) is 10.0. The number of halogens is 2. The quantitative estimate of drug-likeness (QED) is 0.827. The maximum Gasteiger partial charge on any atom is 0.251 e. The molecule has 21 heavy (non-hydrogen) atoms. The number of rotatable bonds is 4. The van der Waals surface area contributed by atoms with Crippen LogP contribution in [0.3, 0.4) is 0 Å². The van der Waals surface area contributed by atoms with Crippen LogP contribution in [0.4, 0.5) is 5.69 Å². The monoisotopic (exact) mass is 366 g/mol. The Balaban J connectivity index is 2.22. The molecule has 0 saturated heterocycles. The van der Waals surface area contributed by atoms with E-state index in [2.05, 4.69) is 26.6 Å². The molecule has 1 unspecified atom stereocenters. The molecule has 0 spiro atoms. The van der Waals surface area contributed by atoms with E-state index in [1.165, 1.54) is 0 Å². The van der Waals surface area contributed by atoms with Crippen molar-refractivity contribution in [1.82, 2.24) is 5.32 Å². The van der Waals surface area contributed by atoms with Crippen molar-refractivity contribution < 1.29 is 4.79 Å². The molecule has 2 rings (SSSR count). The molecule has 0 radical (unpaired) electrons. The number of hydrogen-bond acceptors (Lipinski definition) is 2. The second-order valence-corrected chi connectivity index (χ2v) is 6.01. The second kappa shape index (κ2) is 6.96. The maximum atomic E-state index is 11.7. The van der Waals surface area contributed by atoms with Crippen LogP contribution in [0.15, 0.2) is 46.9 Å². The van der Waals surface area contributed by atoms with Crippen molar-refractivity contribution in [3.8, 4) is 0 Å². The fourth-order valence-electron chi connectivity index (χ4n) is 1.99. The van der Waals surface area contributed by atoms with Crippen molar-refractivity contribution in [3.05, 3.63) is 63.1 Å². The van der Waals surface area contributed by atoms with Crippen LogP contribution in [0.5, 0.6) is 0 Å². The van der Waals surface area contributed by atoms with Gasteiger partial charge in [0.1, 0.15) is 0 Å². The van der Waals surface area contributed by atoms with E-state index in [1.54, 1.807) is 25.2 Å². The number of nitrogens with one attached hydrogen (secondary N) is 2. The predicted octanol–water partition coefficient (Wildman–Crippen LogP) is 4.64. The fourth-order valence-corrected chi connectivity index (χ4v) is 2.43. The van der Waals surface area contributed by atoms with Crippen LogP contribution >= 0.6 is 27.5 Å². The van der Waals surface area contributed by atoms with Gasteiger partial charge in [0.2, 0.25) is 0 Å². The summed E-state index contributed by atoms with van der Waals surface area (Å²) in [6, 6.07) is 13.3. The number of anilines is 1. The highest BCUT2D eigenvalue weighted by molar-refractivity contribution is 9.10. The summed E-state index contributed by atoms with van der Waals surface area (Å²) in [6.07, 6.45) is 0. The third kappa shape index (κ3) is 3.99. The summed E-state index contributed by atoms with van der Waals surface area (Å²) in [7, 11) is 1.61. The number of amides is 1. The van der Waals surface area contributed by atoms with Crippen LogP contribution < -0.4 is 10.6 Å². The van der Waals surface area contributed by atoms with E-state index in [9.17, 15) is 4.79 Å². The zero-order valence-corrected chi connectivity index (χ0v) is 14.1. The third-order valence-electron chi connectivity index (χ3n) is 3.20. The Bertz CT molecular complexity index is 643. The van der Waals surface area contributed by atoms with Crippen LogP contribution in [0.25, 0.3) is 0 Å². The largest absolute Gasteiger partial charge is 0.377 e. The van der Waals surface area contributed by atoms with Crippen molar-refractivity contribution in [2.75, 3.05) is 12.4 Å². The van der Waals surface area contributed by atoms with Crippen molar-refractivity contribution >= 4 is 39.1 Å². The van der Waals surface area contributed by atoms with E-state index in [0.29, 0.717) is 10.6 Å². The number of carbonyl (C=O) groups is 1. The number of hydrogen-bond donors (Lipinski definition) is 2. The van der Waals surface area contributed by atoms with Gasteiger partial charge in [0, 0.05) is 23.1 Å². The molecule has 0 heterocycles. The summed E-state index contributed by atoms with van der Waals surface area (Å²) < 4.78 is 1.04. The van der Waals surface area contributed by atoms with Crippen LogP contribution in [0.2, 0.25) is 5.02 Å². The molecular weight excluding hydrogens is 352 g/mol. The zero-order valence-electron chi connectivity index (χ0n) is 11.8. The Hall–Kier alpha value is -1.52. The van der Waals surface area contributed by atoms with Gasteiger partial charge in [-0.25, -0.2) is 0 Å². The summed E-state index contributed by atoms with van der Waals surface area (Å²) in [5.74, 6) is -0.133. The van der Waals surface area contributed by atoms with Gasteiger partial charge in [-0.1, -0.05) is 39.7 Å². The van der Waals surface area contributed by atoms with Crippen molar-refractivity contribution in [3.63, 3.8) is 0 Å². The van der Waals surface area contributed by atoms with E-state index in [1.807, 2.05) is 31.2 Å². The Morgan fingerprint density at radius 3 is 2.48 bits per heavy atom. The average Bonchev–Trinajstić information content (AvgIpc) is 2.49. The molecule has 2 aromatic rings. The minimum Gasteiger partial charge on any atom is -0.377 e. The molecule has 2 N–H and O–H groups in total. The molecule has 2 aromatic carbocycles. The Labute approximate surface area is 137 Å². The summed E-state index contributed by atoms with van der Waals surface area (Å²) in [5, 5.41) is 6.53. The molecule has 110 valence electrons. The average molecular weight is 368 g/mol. The van der Waals surface area contributed by atoms with E-state index in [4.69, 9.17) is 11.6 Å². The first kappa shape index (κ1) is 15.9. The molecule has 0 aliphatic carbocycles. The Kier molecular flexibility index (Phi) is 5.26. The summed E-state index contributed by atoms with van der Waals surface area (Å²) in [6.45, 7) is 2.05. The first-order valence-electron chi connectivity index (χ1n) is 6.55. The van der Waals surface area contributed by atoms with E-state index >= 15 is 0 Å². The first-order valence-corrected chi connectivity index (χ1v) is 7.72. The third-order valence-corrected chi connectivity index (χ3v) is 4.06. The van der Waals surface area contributed by atoms with Gasteiger partial charge >= 0.3 is 0 Å². The number of benzene rings is 2. The molecule has 1 amide bonds. The van der Waals surface area contributed by atoms with Gasteiger partial charge in [0.05, 0.1) is 10.7 Å². The summed E-state index contributed by atoms with van der Waals surface area (Å²) in [4.78, 5) is 11.7. The van der Waals surface area contributed by atoms with Crippen LogP contribution in [0.1, 0.15) is 28.9 Å². The van der Waals surface area contributed by atoms with Gasteiger partial charge < -0.3 is 10.6 Å². The van der Waals surface area contributed by atoms with Gasteiger partial charge in [-0.2, -0.15) is 0 Å². The molecule has 0 aromatic heterocycles. The fraction of sp³-hybridized carbons (Fsp3) is 0.188. The molecule has 5 heteroatoms. The number of carbonyl (C=O) groups excluding carboxylic acids is 1. The Morgan fingerprint density at radius 2 is 1.86 bits per heavy atom. The summed E-state index contributed by atoms with van der Waals surface area (Å²) in [5.41, 5.74) is 2.46. The highest BCUT2D eigenvalue weighted by atomic mass is 79.9. The van der Waals surface area contributed by atoms with Crippen LogP contribution in [0, 0.1) is 0 Å². The van der Waals surface area contributed by atoms with Gasteiger partial charge in [0.15, 0.2) is 0 Å². The van der Waals surface area contributed by atoms with Gasteiger partial charge in [-0.05, 0) is 42.8 Å². The predicted molar refractivity (Wildman–Crippen MR) is 91.0 cm³/mol. The van der Waals surface area contributed by atoms with Gasteiger partial charge in [-0.3, -0.25) is 4.79 Å². The van der Waals surface area contributed by atoms with Gasteiger partial charge in [0.25, 0.3) is 5.91 Å². The van der Waals surface area contributed by atoms with Crippen molar-refractivity contribution in [2.24, 2.45) is 0 Å². The molecule has 0 saturated carbocycles. The SMILES string of the molecule is CNC(=O)c1ccc(Cl)c(NC(C)c2ccc(Br)cc2)c1. The second-order valence-electron chi connectivity index (χ2n) is 4.69. The molecular formula is C16H16BrClN2O. The Morgan fingerprint density at radius 1 is 1.19 bits per heavy atom. The molecule has 1 atom stereocenters. The topological polar surface area (TPSA) is 41.1 Å². The lowest BCUT2D eigenvalue weighted by atomic mass is 10.1. The highest BCUT2D eigenvalue weighted by Crippen LogP contribution is 2.27. The van der Waals surface area contributed by atoms with Crippen LogP contribution in [-0.4, -0.2) is 13.0 Å². The van der Waals surface area contributed by atoms with Gasteiger partial charge in [-0.15, -0.1) is 0 Å².